The number of benzene rings is 1. The topological polar surface area (TPSA) is 52.6 Å². The predicted molar refractivity (Wildman–Crippen MR) is 103 cm³/mol. The van der Waals surface area contributed by atoms with Crippen LogP contribution in [0.5, 0.6) is 0 Å². The van der Waals surface area contributed by atoms with Crippen LogP contribution in [0.25, 0.3) is 0 Å². The van der Waals surface area contributed by atoms with Gasteiger partial charge in [-0.05, 0) is 84.0 Å². The number of esters is 2. The molecule has 23 heavy (non-hydrogen) atoms. The van der Waals surface area contributed by atoms with Gasteiger partial charge in [-0.1, -0.05) is 13.3 Å². The van der Waals surface area contributed by atoms with Crippen LogP contribution in [0.3, 0.4) is 0 Å². The van der Waals surface area contributed by atoms with E-state index < -0.39 is 11.9 Å². The van der Waals surface area contributed by atoms with Crippen LogP contribution in [-0.2, 0) is 9.47 Å². The normalized spacial score (nSPS) is 12.0. The summed E-state index contributed by atoms with van der Waals surface area (Å²) in [5, 5.41) is 0. The third-order valence-electron chi connectivity index (χ3n) is 2.95. The zero-order valence-electron chi connectivity index (χ0n) is 12.8. The largest absolute Gasteiger partial charge is 0.462 e. The summed E-state index contributed by atoms with van der Waals surface area (Å²) >= 11 is 13.5. The molecule has 0 N–H and O–H groups in total. The molecule has 1 aromatic rings. The Morgan fingerprint density at radius 3 is 1.83 bits per heavy atom. The predicted octanol–water partition coefficient (Wildman–Crippen LogP) is 6.26. The quantitative estimate of drug-likeness (QED) is 0.227. The second-order valence-corrected chi connectivity index (χ2v) is 7.90. The molecule has 0 heterocycles. The van der Waals surface area contributed by atoms with Gasteiger partial charge in [-0.3, -0.25) is 0 Å². The maximum Gasteiger partial charge on any atom is 0.340 e. The van der Waals surface area contributed by atoms with Gasteiger partial charge in [-0.15, -0.1) is 0 Å². The molecule has 0 saturated carbocycles. The number of rotatable bonds is 6. The van der Waals surface area contributed by atoms with Gasteiger partial charge in [0, 0.05) is 17.9 Å². The van der Waals surface area contributed by atoms with Crippen molar-refractivity contribution in [2.45, 2.75) is 39.7 Å². The average Bonchev–Trinajstić information content (AvgIpc) is 2.48. The molecule has 0 fully saturated rings. The van der Waals surface area contributed by atoms with E-state index in [0.717, 1.165) is 12.8 Å². The van der Waals surface area contributed by atoms with E-state index in [4.69, 9.17) is 9.47 Å². The molecule has 1 aromatic carbocycles. The summed E-state index contributed by atoms with van der Waals surface area (Å²) in [7, 11) is 0. The number of ether oxygens (including phenoxy) is 2. The van der Waals surface area contributed by atoms with Crippen molar-refractivity contribution >= 4 is 75.7 Å². The third-order valence-corrected chi connectivity index (χ3v) is 7.72. The molecule has 1 atom stereocenters. The highest BCUT2D eigenvalue weighted by Crippen LogP contribution is 2.42. The molecular formula is C15H16Br4O4. The second-order valence-electron chi connectivity index (χ2n) is 4.73. The Hall–Kier alpha value is 0.0800. The van der Waals surface area contributed by atoms with E-state index >= 15 is 0 Å². The first kappa shape index (κ1) is 21.1. The maximum absolute atomic E-state index is 12.6. The molecule has 0 bridgehead atoms. The van der Waals surface area contributed by atoms with E-state index in [1.54, 1.807) is 6.92 Å². The van der Waals surface area contributed by atoms with Crippen LogP contribution in [-0.4, -0.2) is 24.6 Å². The zero-order valence-corrected chi connectivity index (χ0v) is 19.2. The van der Waals surface area contributed by atoms with Gasteiger partial charge >= 0.3 is 11.9 Å². The number of carbonyl (C=O) groups excluding carboxylic acids is 2. The fourth-order valence-corrected chi connectivity index (χ4v) is 4.37. The summed E-state index contributed by atoms with van der Waals surface area (Å²) in [5.41, 5.74) is 0.260. The van der Waals surface area contributed by atoms with Crippen LogP contribution >= 0.6 is 63.7 Å². The van der Waals surface area contributed by atoms with Crippen molar-refractivity contribution in [3.63, 3.8) is 0 Å². The van der Waals surface area contributed by atoms with Gasteiger partial charge in [0.25, 0.3) is 0 Å². The first-order valence-electron chi connectivity index (χ1n) is 7.00. The lowest BCUT2D eigenvalue weighted by Gasteiger charge is -2.18. The van der Waals surface area contributed by atoms with E-state index in [2.05, 4.69) is 63.7 Å². The zero-order chi connectivity index (χ0) is 17.7. The van der Waals surface area contributed by atoms with Crippen molar-refractivity contribution < 1.29 is 19.1 Å². The van der Waals surface area contributed by atoms with Gasteiger partial charge in [0.05, 0.1) is 23.8 Å². The fraction of sp³-hybridized carbons (Fsp3) is 0.467. The van der Waals surface area contributed by atoms with Crippen LogP contribution in [0, 0.1) is 0 Å². The maximum atomic E-state index is 12.6. The Bertz CT molecular complexity index is 616. The molecule has 0 radical (unpaired) electrons. The van der Waals surface area contributed by atoms with Gasteiger partial charge in [0.15, 0.2) is 0 Å². The van der Waals surface area contributed by atoms with Crippen molar-refractivity contribution in [3.05, 3.63) is 29.0 Å². The highest BCUT2D eigenvalue weighted by atomic mass is 79.9. The summed E-state index contributed by atoms with van der Waals surface area (Å²) < 4.78 is 12.6. The summed E-state index contributed by atoms with van der Waals surface area (Å²) in [5.74, 6) is -1.17. The summed E-state index contributed by atoms with van der Waals surface area (Å²) in [4.78, 5) is 24.9. The second kappa shape index (κ2) is 9.53. The van der Waals surface area contributed by atoms with Crippen LogP contribution in [0.15, 0.2) is 17.9 Å². The van der Waals surface area contributed by atoms with Crippen LogP contribution < -0.4 is 0 Å². The molecule has 128 valence electrons. The number of hydrogen-bond acceptors (Lipinski definition) is 4. The first-order valence-corrected chi connectivity index (χ1v) is 10.2. The summed E-state index contributed by atoms with van der Waals surface area (Å²) in [6.45, 7) is 5.74. The molecule has 0 aromatic heterocycles. The van der Waals surface area contributed by atoms with Crippen molar-refractivity contribution in [1.82, 2.24) is 0 Å². The van der Waals surface area contributed by atoms with Crippen LogP contribution in [0.4, 0.5) is 0 Å². The SMILES string of the molecule is CCCC(C)OC(=O)c1c(Br)c(Br)c(Br)c(Br)c1C(=O)OCC. The van der Waals surface area contributed by atoms with E-state index in [1.165, 1.54) is 0 Å². The third kappa shape index (κ3) is 5.03. The van der Waals surface area contributed by atoms with Crippen molar-refractivity contribution in [2.75, 3.05) is 6.61 Å². The minimum atomic E-state index is -0.594. The Labute approximate surface area is 169 Å². The highest BCUT2D eigenvalue weighted by molar-refractivity contribution is 9.15. The lowest BCUT2D eigenvalue weighted by atomic mass is 10.1. The minimum Gasteiger partial charge on any atom is -0.462 e. The van der Waals surface area contributed by atoms with Crippen LogP contribution in [0.2, 0.25) is 0 Å². The molecule has 1 unspecified atom stereocenters. The van der Waals surface area contributed by atoms with Gasteiger partial charge < -0.3 is 9.47 Å². The highest BCUT2D eigenvalue weighted by Gasteiger charge is 2.30. The Morgan fingerprint density at radius 1 is 0.913 bits per heavy atom. The van der Waals surface area contributed by atoms with Crippen LogP contribution in [0.1, 0.15) is 54.3 Å². The smallest absolute Gasteiger partial charge is 0.340 e. The molecular weight excluding hydrogens is 564 g/mol. The molecule has 0 amide bonds. The number of hydrogen-bond donors (Lipinski definition) is 0. The standard InChI is InChI=1S/C15H16Br4O4/c1-4-6-7(3)23-15(21)9-8(14(20)22-5-2)10(16)12(18)13(19)11(9)17/h7H,4-6H2,1-3H3. The molecule has 1 rings (SSSR count). The van der Waals surface area contributed by atoms with Crippen molar-refractivity contribution in [2.24, 2.45) is 0 Å². The monoisotopic (exact) mass is 576 g/mol. The molecule has 0 aliphatic heterocycles. The van der Waals surface area contributed by atoms with E-state index in [1.807, 2.05) is 13.8 Å². The molecule has 0 spiro atoms. The Morgan fingerprint density at radius 2 is 1.39 bits per heavy atom. The fourth-order valence-electron chi connectivity index (χ4n) is 1.93. The lowest BCUT2D eigenvalue weighted by molar-refractivity contribution is 0.0311. The molecule has 4 nitrogen and oxygen atoms in total. The molecule has 0 aliphatic rings. The van der Waals surface area contributed by atoms with Crippen molar-refractivity contribution in [3.8, 4) is 0 Å². The molecule has 8 heteroatoms. The first-order chi connectivity index (χ1) is 10.8. The lowest BCUT2D eigenvalue weighted by Crippen LogP contribution is -2.20. The van der Waals surface area contributed by atoms with Crippen molar-refractivity contribution in [1.29, 1.82) is 0 Å². The molecule has 0 saturated heterocycles. The number of halogens is 4. The average molecular weight is 580 g/mol. The minimum absolute atomic E-state index is 0.127. The number of carbonyl (C=O) groups is 2. The summed E-state index contributed by atoms with van der Waals surface area (Å²) in [6, 6.07) is 0. The van der Waals surface area contributed by atoms with Gasteiger partial charge in [-0.2, -0.15) is 0 Å². The molecule has 0 aliphatic carbocycles. The Kier molecular flexibility index (Phi) is 8.76. The van der Waals surface area contributed by atoms with E-state index in [9.17, 15) is 9.59 Å². The van der Waals surface area contributed by atoms with Gasteiger partial charge in [-0.25, -0.2) is 9.59 Å². The van der Waals surface area contributed by atoms with E-state index in [0.29, 0.717) is 17.9 Å². The summed E-state index contributed by atoms with van der Waals surface area (Å²) in [6.07, 6.45) is 1.40. The van der Waals surface area contributed by atoms with Gasteiger partial charge in [0.2, 0.25) is 0 Å². The van der Waals surface area contributed by atoms with E-state index in [-0.39, 0.29) is 23.8 Å². The Balaban J connectivity index is 3.44. The van der Waals surface area contributed by atoms with Gasteiger partial charge in [0.1, 0.15) is 0 Å².